The molecule has 1 heterocycles. The van der Waals surface area contributed by atoms with Crippen LogP contribution in [0.25, 0.3) is 0 Å². The first-order chi connectivity index (χ1) is 22.0. The smallest absolute Gasteiger partial charge is 0.407 e. The first kappa shape index (κ1) is 40.5. The highest BCUT2D eigenvalue weighted by molar-refractivity contribution is 14.1. The number of aromatic nitrogens is 1. The average Bonchev–Trinajstić information content (AvgIpc) is 3.01. The van der Waals surface area contributed by atoms with Crippen molar-refractivity contribution < 1.29 is 43.7 Å². The molecule has 1 rings (SSSR count). The van der Waals surface area contributed by atoms with Crippen LogP contribution in [0.4, 0.5) is 4.79 Å². The number of carboxylic acid groups (broad SMARTS) is 2. The van der Waals surface area contributed by atoms with Crippen molar-refractivity contribution in [3.05, 3.63) is 27.6 Å². The number of carbonyl (C=O) groups is 6. The SMILES string of the molecule is CCC[C@H](NC(=O)OCCCCCNC(=O)CCCCCCC(=O)NC(CCCCNC(=O)c1cncc([131I])c1)C(=O)O)C(=O)O. The van der Waals surface area contributed by atoms with E-state index in [9.17, 15) is 33.9 Å². The molecule has 258 valence electrons. The number of unbranched alkanes of at least 4 members (excludes halogenated alkanes) is 6. The van der Waals surface area contributed by atoms with E-state index in [0.29, 0.717) is 70.0 Å². The third kappa shape index (κ3) is 19.8. The summed E-state index contributed by atoms with van der Waals surface area (Å²) in [5, 5.41) is 29.0. The second-order valence-corrected chi connectivity index (χ2v) is 12.1. The van der Waals surface area contributed by atoms with Crippen molar-refractivity contribution in [1.82, 2.24) is 26.3 Å². The number of amides is 4. The zero-order chi connectivity index (χ0) is 34.2. The minimum absolute atomic E-state index is 0.0558. The Morgan fingerprint density at radius 2 is 1.37 bits per heavy atom. The van der Waals surface area contributed by atoms with Crippen LogP contribution >= 0.6 is 22.6 Å². The van der Waals surface area contributed by atoms with Gasteiger partial charge in [0.05, 0.1) is 12.2 Å². The fraction of sp³-hybridized carbons (Fsp3) is 0.645. The standard InChI is InChI=1S/C31H48IN5O9/c1-2-12-24(29(41)42)37-31(45)46-18-11-5-9-16-34-26(38)14-6-3-4-7-15-27(39)36-25(30(43)44)13-8-10-17-35-28(40)22-19-23(32)21-33-20-22/h19-21,24-25H,2-18H2,1H3,(H,34,38)(H,35,40)(H,36,39)(H,37,45)(H,41,42)(H,43,44)/t24-,25?/m0/s1/i32+4. The van der Waals surface area contributed by atoms with Gasteiger partial charge in [-0.2, -0.15) is 0 Å². The second kappa shape index (κ2) is 24.7. The highest BCUT2D eigenvalue weighted by Gasteiger charge is 2.20. The van der Waals surface area contributed by atoms with E-state index in [1.165, 1.54) is 6.20 Å². The molecule has 14 nitrogen and oxygen atoms in total. The number of hydrogen-bond acceptors (Lipinski definition) is 8. The molecule has 0 radical (unpaired) electrons. The summed E-state index contributed by atoms with van der Waals surface area (Å²) in [6.45, 7) is 2.89. The van der Waals surface area contributed by atoms with E-state index in [4.69, 9.17) is 9.84 Å². The quantitative estimate of drug-likeness (QED) is 0.0627. The molecule has 0 aliphatic heterocycles. The lowest BCUT2D eigenvalue weighted by atomic mass is 10.1. The molecule has 0 aromatic carbocycles. The molecule has 4 amide bonds. The molecule has 0 aliphatic carbocycles. The summed E-state index contributed by atoms with van der Waals surface area (Å²) in [5.41, 5.74) is 0.462. The number of pyridine rings is 1. The monoisotopic (exact) mass is 765 g/mol. The third-order valence-electron chi connectivity index (χ3n) is 6.91. The van der Waals surface area contributed by atoms with Gasteiger partial charge < -0.3 is 36.2 Å². The van der Waals surface area contributed by atoms with Crippen molar-refractivity contribution in [2.24, 2.45) is 0 Å². The van der Waals surface area contributed by atoms with Crippen molar-refractivity contribution in [2.45, 2.75) is 109 Å². The molecule has 0 saturated carbocycles. The minimum Gasteiger partial charge on any atom is -0.480 e. The van der Waals surface area contributed by atoms with Crippen molar-refractivity contribution in [3.63, 3.8) is 0 Å². The van der Waals surface area contributed by atoms with Gasteiger partial charge in [0, 0.05) is 41.9 Å². The van der Waals surface area contributed by atoms with E-state index >= 15 is 0 Å². The average molecular weight is 766 g/mol. The molecular formula is C31H48IN5O9. The van der Waals surface area contributed by atoms with Gasteiger partial charge in [0.2, 0.25) is 11.8 Å². The Hall–Kier alpha value is -3.50. The third-order valence-corrected chi connectivity index (χ3v) is 7.50. The summed E-state index contributed by atoms with van der Waals surface area (Å²) in [6.07, 6.45) is 10.1. The molecule has 1 aromatic rings. The number of nitrogens with one attached hydrogen (secondary N) is 4. The number of aliphatic carboxylic acids is 2. The Kier molecular flexibility index (Phi) is 21.8. The maximum Gasteiger partial charge on any atom is 0.407 e. The summed E-state index contributed by atoms with van der Waals surface area (Å²) < 4.78 is 5.86. The number of ether oxygens (including phenoxy) is 1. The maximum absolute atomic E-state index is 12.2. The zero-order valence-electron chi connectivity index (χ0n) is 26.5. The molecule has 0 aliphatic rings. The number of carbonyl (C=O) groups excluding carboxylic acids is 4. The van der Waals surface area contributed by atoms with Crippen LogP contribution < -0.4 is 21.3 Å². The normalized spacial score (nSPS) is 12.0. The molecule has 2 atom stereocenters. The molecular weight excluding hydrogens is 717 g/mol. The summed E-state index contributed by atoms with van der Waals surface area (Å²) in [5.74, 6) is -2.81. The highest BCUT2D eigenvalue weighted by atomic mass is 131. The van der Waals surface area contributed by atoms with Gasteiger partial charge in [-0.1, -0.05) is 26.2 Å². The fourth-order valence-electron chi connectivity index (χ4n) is 4.38. The molecule has 6 N–H and O–H groups in total. The Balaban J connectivity index is 2.04. The van der Waals surface area contributed by atoms with Crippen LogP contribution in [0.15, 0.2) is 18.5 Å². The Morgan fingerprint density at radius 3 is 2.02 bits per heavy atom. The van der Waals surface area contributed by atoms with Crippen molar-refractivity contribution in [1.29, 1.82) is 0 Å². The molecule has 1 aromatic heterocycles. The number of alkyl carbamates (subject to hydrolysis) is 1. The second-order valence-electron chi connectivity index (χ2n) is 10.9. The molecule has 0 saturated heterocycles. The lowest BCUT2D eigenvalue weighted by Gasteiger charge is -2.14. The molecule has 1 unspecified atom stereocenters. The molecule has 15 heteroatoms. The topological polar surface area (TPSA) is 213 Å². The first-order valence-electron chi connectivity index (χ1n) is 15.9. The number of carboxylic acids is 2. The van der Waals surface area contributed by atoms with Gasteiger partial charge in [-0.25, -0.2) is 14.4 Å². The highest BCUT2D eigenvalue weighted by Crippen LogP contribution is 2.08. The van der Waals surface area contributed by atoms with Crippen LogP contribution in [0.3, 0.4) is 0 Å². The first-order valence-corrected chi connectivity index (χ1v) is 16.9. The van der Waals surface area contributed by atoms with Crippen molar-refractivity contribution >= 4 is 58.3 Å². The van der Waals surface area contributed by atoms with Crippen molar-refractivity contribution in [2.75, 3.05) is 19.7 Å². The van der Waals surface area contributed by atoms with E-state index in [0.717, 1.165) is 29.3 Å². The maximum atomic E-state index is 12.2. The summed E-state index contributed by atoms with van der Waals surface area (Å²) in [7, 11) is 0. The molecule has 0 bridgehead atoms. The van der Waals surface area contributed by atoms with Gasteiger partial charge in [0.15, 0.2) is 0 Å². The fourth-order valence-corrected chi connectivity index (χ4v) is 4.87. The van der Waals surface area contributed by atoms with Gasteiger partial charge in [-0.05, 0) is 86.4 Å². The van der Waals surface area contributed by atoms with Gasteiger partial charge >= 0.3 is 18.0 Å². The molecule has 0 fully saturated rings. The minimum atomic E-state index is -1.09. The van der Waals surface area contributed by atoms with Crippen LogP contribution in [-0.2, 0) is 23.9 Å². The number of hydrogen-bond donors (Lipinski definition) is 6. The lowest BCUT2D eigenvalue weighted by molar-refractivity contribution is -0.142. The predicted molar refractivity (Wildman–Crippen MR) is 178 cm³/mol. The van der Waals surface area contributed by atoms with E-state index in [-0.39, 0.29) is 37.2 Å². The lowest BCUT2D eigenvalue weighted by Crippen LogP contribution is -2.41. The molecule has 46 heavy (non-hydrogen) atoms. The largest absolute Gasteiger partial charge is 0.480 e. The van der Waals surface area contributed by atoms with Crippen LogP contribution in [-0.4, -0.2) is 82.7 Å². The molecule has 0 spiro atoms. The van der Waals surface area contributed by atoms with Gasteiger partial charge in [0.25, 0.3) is 5.91 Å². The van der Waals surface area contributed by atoms with Crippen LogP contribution in [0.1, 0.15) is 107 Å². The summed E-state index contributed by atoms with van der Waals surface area (Å²) >= 11 is 2.07. The van der Waals surface area contributed by atoms with Gasteiger partial charge in [0.1, 0.15) is 12.1 Å². The van der Waals surface area contributed by atoms with Crippen LogP contribution in [0, 0.1) is 3.57 Å². The van der Waals surface area contributed by atoms with Gasteiger partial charge in [-0.15, -0.1) is 0 Å². The van der Waals surface area contributed by atoms with E-state index in [1.807, 2.05) is 6.92 Å². The van der Waals surface area contributed by atoms with Crippen LogP contribution in [0.2, 0.25) is 0 Å². The van der Waals surface area contributed by atoms with Crippen molar-refractivity contribution in [3.8, 4) is 0 Å². The Labute approximate surface area is 283 Å². The van der Waals surface area contributed by atoms with E-state index in [1.54, 1.807) is 12.3 Å². The predicted octanol–water partition coefficient (Wildman–Crippen LogP) is 3.76. The summed E-state index contributed by atoms with van der Waals surface area (Å²) in [4.78, 5) is 74.7. The summed E-state index contributed by atoms with van der Waals surface area (Å²) in [6, 6.07) is -0.216. The number of rotatable bonds is 25. The Morgan fingerprint density at radius 1 is 0.761 bits per heavy atom. The van der Waals surface area contributed by atoms with Gasteiger partial charge in [-0.3, -0.25) is 19.4 Å². The number of halogens is 1. The van der Waals surface area contributed by atoms with E-state index in [2.05, 4.69) is 48.8 Å². The van der Waals surface area contributed by atoms with Crippen LogP contribution in [0.5, 0.6) is 0 Å². The van der Waals surface area contributed by atoms with E-state index < -0.39 is 30.1 Å². The Bertz CT molecular complexity index is 1120. The number of nitrogens with zero attached hydrogens (tertiary/aromatic N) is 1. The zero-order valence-corrected chi connectivity index (χ0v) is 28.6.